The number of methoxy groups -OCH3 is 1. The molecule has 152 valence electrons. The SMILES string of the molecule is COc1ccc(-c2nc(NC(=O)CCCS(=O)(=O)c3ccccc3)sc2C)cc1. The number of anilines is 1. The minimum absolute atomic E-state index is 0.0710. The third-order valence-corrected chi connectivity index (χ3v) is 7.03. The summed E-state index contributed by atoms with van der Waals surface area (Å²) in [6, 6.07) is 15.8. The number of ether oxygens (including phenoxy) is 1. The highest BCUT2D eigenvalue weighted by Gasteiger charge is 2.16. The Balaban J connectivity index is 1.57. The van der Waals surface area contributed by atoms with E-state index in [1.54, 1.807) is 37.4 Å². The van der Waals surface area contributed by atoms with E-state index in [9.17, 15) is 13.2 Å². The number of nitrogens with zero attached hydrogens (tertiary/aromatic N) is 1. The van der Waals surface area contributed by atoms with Crippen molar-refractivity contribution in [2.75, 3.05) is 18.2 Å². The van der Waals surface area contributed by atoms with Gasteiger partial charge in [0.25, 0.3) is 0 Å². The standard InChI is InChI=1S/C21H22N2O4S2/c1-15-20(16-10-12-17(27-2)13-11-16)23-21(28-15)22-19(24)9-6-14-29(25,26)18-7-4-3-5-8-18/h3-5,7-8,10-13H,6,9,14H2,1-2H3,(H,22,23,24). The molecule has 0 saturated heterocycles. The van der Waals surface area contributed by atoms with Crippen LogP contribution in [0.1, 0.15) is 17.7 Å². The minimum atomic E-state index is -3.38. The lowest BCUT2D eigenvalue weighted by Crippen LogP contribution is -2.14. The summed E-state index contributed by atoms with van der Waals surface area (Å²) in [6.45, 7) is 1.94. The Morgan fingerprint density at radius 3 is 2.45 bits per heavy atom. The average Bonchev–Trinajstić information content (AvgIpc) is 3.08. The number of sulfone groups is 1. The van der Waals surface area contributed by atoms with E-state index in [2.05, 4.69) is 10.3 Å². The predicted molar refractivity (Wildman–Crippen MR) is 115 cm³/mol. The largest absolute Gasteiger partial charge is 0.497 e. The molecule has 0 aliphatic rings. The van der Waals surface area contributed by atoms with Gasteiger partial charge in [-0.25, -0.2) is 13.4 Å². The number of amides is 1. The molecule has 0 radical (unpaired) electrons. The molecule has 0 bridgehead atoms. The van der Waals surface area contributed by atoms with Crippen LogP contribution in [0.25, 0.3) is 11.3 Å². The summed E-state index contributed by atoms with van der Waals surface area (Å²) < 4.78 is 29.7. The molecule has 0 aliphatic heterocycles. The van der Waals surface area contributed by atoms with Gasteiger partial charge >= 0.3 is 0 Å². The molecule has 0 unspecified atom stereocenters. The highest BCUT2D eigenvalue weighted by molar-refractivity contribution is 7.91. The second kappa shape index (κ2) is 9.19. The summed E-state index contributed by atoms with van der Waals surface area (Å²) in [7, 11) is -1.76. The highest BCUT2D eigenvalue weighted by Crippen LogP contribution is 2.31. The summed E-state index contributed by atoms with van der Waals surface area (Å²) >= 11 is 1.39. The number of thiazole rings is 1. The van der Waals surface area contributed by atoms with Gasteiger partial charge in [-0.3, -0.25) is 4.79 Å². The predicted octanol–water partition coefficient (Wildman–Crippen LogP) is 4.32. The van der Waals surface area contributed by atoms with Gasteiger partial charge in [-0.1, -0.05) is 18.2 Å². The van der Waals surface area contributed by atoms with E-state index in [4.69, 9.17) is 4.74 Å². The molecule has 2 aromatic carbocycles. The Morgan fingerprint density at radius 2 is 1.79 bits per heavy atom. The number of nitrogens with one attached hydrogen (secondary N) is 1. The van der Waals surface area contributed by atoms with Gasteiger partial charge in [0, 0.05) is 16.9 Å². The number of aryl methyl sites for hydroxylation is 1. The van der Waals surface area contributed by atoms with E-state index in [0.717, 1.165) is 21.9 Å². The van der Waals surface area contributed by atoms with Crippen LogP contribution < -0.4 is 10.1 Å². The quantitative estimate of drug-likeness (QED) is 0.575. The molecule has 1 heterocycles. The number of hydrogen-bond acceptors (Lipinski definition) is 6. The maximum Gasteiger partial charge on any atom is 0.226 e. The zero-order chi connectivity index (χ0) is 20.9. The van der Waals surface area contributed by atoms with Gasteiger partial charge in [0.05, 0.1) is 23.5 Å². The Hall–Kier alpha value is -2.71. The van der Waals surface area contributed by atoms with Crippen LogP contribution in [0.5, 0.6) is 5.75 Å². The molecule has 0 fully saturated rings. The van der Waals surface area contributed by atoms with Crippen molar-refractivity contribution < 1.29 is 17.9 Å². The maximum atomic E-state index is 12.3. The van der Waals surface area contributed by atoms with Gasteiger partial charge in [0.15, 0.2) is 15.0 Å². The fourth-order valence-corrected chi connectivity index (χ4v) is 5.00. The average molecular weight is 431 g/mol. The van der Waals surface area contributed by atoms with E-state index in [-0.39, 0.29) is 29.4 Å². The van der Waals surface area contributed by atoms with Crippen LogP contribution in [-0.4, -0.2) is 32.2 Å². The molecule has 1 aromatic heterocycles. The number of aromatic nitrogens is 1. The minimum Gasteiger partial charge on any atom is -0.497 e. The Bertz CT molecular complexity index is 1080. The van der Waals surface area contributed by atoms with E-state index in [0.29, 0.717) is 5.13 Å². The molecule has 3 aromatic rings. The van der Waals surface area contributed by atoms with Crippen LogP contribution in [0.2, 0.25) is 0 Å². The second-order valence-corrected chi connectivity index (χ2v) is 9.75. The molecule has 0 atom stereocenters. The van der Waals surface area contributed by atoms with Crippen molar-refractivity contribution in [2.45, 2.75) is 24.7 Å². The second-order valence-electron chi connectivity index (χ2n) is 6.44. The number of hydrogen-bond donors (Lipinski definition) is 1. The molecule has 6 nitrogen and oxygen atoms in total. The molecule has 3 rings (SSSR count). The molecule has 8 heteroatoms. The third-order valence-electron chi connectivity index (χ3n) is 4.33. The molecular formula is C21H22N2O4S2. The number of benzene rings is 2. The molecule has 1 amide bonds. The van der Waals surface area contributed by atoms with Crippen molar-refractivity contribution in [1.29, 1.82) is 0 Å². The zero-order valence-corrected chi connectivity index (χ0v) is 17.8. The first kappa shape index (κ1) is 21.0. The van der Waals surface area contributed by atoms with Crippen LogP contribution in [0.4, 0.5) is 5.13 Å². The Kier molecular flexibility index (Phi) is 6.66. The maximum absolute atomic E-state index is 12.3. The van der Waals surface area contributed by atoms with Gasteiger partial charge in [-0.2, -0.15) is 0 Å². The van der Waals surface area contributed by atoms with E-state index in [1.165, 1.54) is 11.3 Å². The fraction of sp³-hybridized carbons (Fsp3) is 0.238. The van der Waals surface area contributed by atoms with Gasteiger partial charge in [0.2, 0.25) is 5.91 Å². The summed E-state index contributed by atoms with van der Waals surface area (Å²) in [5, 5.41) is 3.27. The lowest BCUT2D eigenvalue weighted by Gasteiger charge is -2.04. The van der Waals surface area contributed by atoms with Crippen LogP contribution >= 0.6 is 11.3 Å². The van der Waals surface area contributed by atoms with Crippen LogP contribution in [0, 0.1) is 6.92 Å². The van der Waals surface area contributed by atoms with Crippen LogP contribution in [-0.2, 0) is 14.6 Å². The van der Waals surface area contributed by atoms with Crippen molar-refractivity contribution in [1.82, 2.24) is 4.98 Å². The van der Waals surface area contributed by atoms with Crippen molar-refractivity contribution in [3.8, 4) is 17.0 Å². The third kappa shape index (κ3) is 5.42. The smallest absolute Gasteiger partial charge is 0.226 e. The number of rotatable bonds is 8. The summed E-state index contributed by atoms with van der Waals surface area (Å²) in [5.41, 5.74) is 1.74. The monoisotopic (exact) mass is 430 g/mol. The molecule has 0 spiro atoms. The topological polar surface area (TPSA) is 85.4 Å². The Morgan fingerprint density at radius 1 is 1.10 bits per heavy atom. The molecular weight excluding hydrogens is 408 g/mol. The first-order chi connectivity index (χ1) is 13.9. The van der Waals surface area contributed by atoms with Crippen molar-refractivity contribution in [3.05, 3.63) is 59.5 Å². The first-order valence-corrected chi connectivity index (χ1v) is 11.6. The number of carbonyl (C=O) groups is 1. The lowest BCUT2D eigenvalue weighted by molar-refractivity contribution is -0.116. The Labute approximate surface area is 174 Å². The summed E-state index contributed by atoms with van der Waals surface area (Å²) in [5.74, 6) is 0.447. The van der Waals surface area contributed by atoms with Crippen molar-refractivity contribution in [2.24, 2.45) is 0 Å². The van der Waals surface area contributed by atoms with Crippen molar-refractivity contribution in [3.63, 3.8) is 0 Å². The van der Waals surface area contributed by atoms with Gasteiger partial charge in [-0.15, -0.1) is 11.3 Å². The van der Waals surface area contributed by atoms with Gasteiger partial charge in [0.1, 0.15) is 5.75 Å². The molecule has 29 heavy (non-hydrogen) atoms. The molecule has 1 N–H and O–H groups in total. The summed E-state index contributed by atoms with van der Waals surface area (Å²) in [6.07, 6.45) is 0.362. The van der Waals surface area contributed by atoms with Crippen LogP contribution in [0.3, 0.4) is 0 Å². The van der Waals surface area contributed by atoms with Gasteiger partial charge in [-0.05, 0) is 49.7 Å². The highest BCUT2D eigenvalue weighted by atomic mass is 32.2. The zero-order valence-electron chi connectivity index (χ0n) is 16.2. The fourth-order valence-electron chi connectivity index (χ4n) is 2.82. The summed E-state index contributed by atoms with van der Waals surface area (Å²) in [4.78, 5) is 18.0. The van der Waals surface area contributed by atoms with Crippen LogP contribution in [0.15, 0.2) is 59.5 Å². The molecule has 0 aliphatic carbocycles. The van der Waals surface area contributed by atoms with E-state index in [1.807, 2.05) is 31.2 Å². The van der Waals surface area contributed by atoms with E-state index < -0.39 is 9.84 Å². The first-order valence-electron chi connectivity index (χ1n) is 9.08. The normalized spacial score (nSPS) is 11.2. The number of carbonyl (C=O) groups excluding carboxylic acids is 1. The van der Waals surface area contributed by atoms with Gasteiger partial charge < -0.3 is 10.1 Å². The van der Waals surface area contributed by atoms with Crippen molar-refractivity contribution >= 4 is 32.2 Å². The lowest BCUT2D eigenvalue weighted by atomic mass is 10.1. The van der Waals surface area contributed by atoms with E-state index >= 15 is 0 Å². The molecule has 0 saturated carbocycles.